The summed E-state index contributed by atoms with van der Waals surface area (Å²) >= 11 is 0. The van der Waals surface area contributed by atoms with Crippen LogP contribution in [0, 0.1) is 5.41 Å². The zero-order valence-corrected chi connectivity index (χ0v) is 17.4. The second-order valence-corrected chi connectivity index (χ2v) is 9.40. The van der Waals surface area contributed by atoms with E-state index in [1.807, 2.05) is 12.3 Å². The second-order valence-electron chi connectivity index (χ2n) is 9.40. The molecule has 2 aliphatic carbocycles. The summed E-state index contributed by atoms with van der Waals surface area (Å²) < 4.78 is 2.13. The van der Waals surface area contributed by atoms with Gasteiger partial charge in [0.1, 0.15) is 11.5 Å². The largest absolute Gasteiger partial charge is 0.392 e. The number of aromatic nitrogens is 3. The maximum atomic E-state index is 9.76. The SMILES string of the molecule is CC1(C)CCCCC1Nc1cccc(-c2cnc3cc(CO)c(C4CC4)cn23)n1. The molecule has 2 fully saturated rings. The van der Waals surface area contributed by atoms with Crippen LogP contribution in [0.15, 0.2) is 36.7 Å². The molecule has 0 bridgehead atoms. The molecule has 3 heterocycles. The molecule has 29 heavy (non-hydrogen) atoms. The molecular formula is C24H30N4O. The van der Waals surface area contributed by atoms with Crippen LogP contribution >= 0.6 is 0 Å². The second kappa shape index (κ2) is 7.13. The van der Waals surface area contributed by atoms with Crippen LogP contribution in [0.5, 0.6) is 0 Å². The van der Waals surface area contributed by atoms with Gasteiger partial charge in [0.05, 0.1) is 24.2 Å². The highest BCUT2D eigenvalue weighted by Crippen LogP contribution is 2.42. The van der Waals surface area contributed by atoms with E-state index in [9.17, 15) is 5.11 Å². The van der Waals surface area contributed by atoms with Gasteiger partial charge in [-0.1, -0.05) is 32.8 Å². The number of rotatable bonds is 5. The van der Waals surface area contributed by atoms with E-state index in [1.165, 1.54) is 44.1 Å². The number of anilines is 1. The predicted octanol–water partition coefficient (Wildman–Crippen LogP) is 5.15. The van der Waals surface area contributed by atoms with Crippen molar-refractivity contribution in [1.82, 2.24) is 14.4 Å². The third-order valence-electron chi connectivity index (χ3n) is 6.80. The molecule has 0 saturated heterocycles. The van der Waals surface area contributed by atoms with Crippen LogP contribution in [-0.2, 0) is 6.61 Å². The smallest absolute Gasteiger partial charge is 0.137 e. The van der Waals surface area contributed by atoms with E-state index < -0.39 is 0 Å². The Morgan fingerprint density at radius 1 is 1.21 bits per heavy atom. The van der Waals surface area contributed by atoms with Crippen molar-refractivity contribution in [3.8, 4) is 11.4 Å². The maximum Gasteiger partial charge on any atom is 0.137 e. The summed E-state index contributed by atoms with van der Waals surface area (Å²) in [6.07, 6.45) is 11.5. The zero-order valence-electron chi connectivity index (χ0n) is 17.4. The van der Waals surface area contributed by atoms with Gasteiger partial charge in [-0.15, -0.1) is 0 Å². The van der Waals surface area contributed by atoms with Gasteiger partial charge in [-0.2, -0.15) is 0 Å². The molecule has 0 aliphatic heterocycles. The van der Waals surface area contributed by atoms with Crippen LogP contribution in [0.25, 0.3) is 17.0 Å². The van der Waals surface area contributed by atoms with Crippen molar-refractivity contribution in [2.24, 2.45) is 5.41 Å². The van der Waals surface area contributed by atoms with Crippen molar-refractivity contribution < 1.29 is 5.11 Å². The van der Waals surface area contributed by atoms with Crippen LogP contribution < -0.4 is 5.32 Å². The monoisotopic (exact) mass is 390 g/mol. The lowest BCUT2D eigenvalue weighted by molar-refractivity contribution is 0.216. The van der Waals surface area contributed by atoms with Crippen molar-refractivity contribution >= 4 is 11.5 Å². The third kappa shape index (κ3) is 3.52. The van der Waals surface area contributed by atoms with E-state index in [-0.39, 0.29) is 6.61 Å². The Morgan fingerprint density at radius 3 is 2.83 bits per heavy atom. The van der Waals surface area contributed by atoms with E-state index in [4.69, 9.17) is 4.98 Å². The quantitative estimate of drug-likeness (QED) is 0.633. The van der Waals surface area contributed by atoms with E-state index in [0.29, 0.717) is 17.4 Å². The van der Waals surface area contributed by atoms with Gasteiger partial charge in [0, 0.05) is 12.2 Å². The molecule has 0 radical (unpaired) electrons. The van der Waals surface area contributed by atoms with Crippen molar-refractivity contribution in [3.05, 3.63) is 47.8 Å². The fourth-order valence-corrected chi connectivity index (χ4v) is 4.77. The minimum absolute atomic E-state index is 0.0688. The molecule has 5 rings (SSSR count). The average molecular weight is 391 g/mol. The number of imidazole rings is 1. The van der Waals surface area contributed by atoms with Gasteiger partial charge in [0.25, 0.3) is 0 Å². The Labute approximate surface area is 172 Å². The number of aliphatic hydroxyl groups excluding tert-OH is 1. The first-order valence-electron chi connectivity index (χ1n) is 10.9. The lowest BCUT2D eigenvalue weighted by atomic mass is 9.73. The summed E-state index contributed by atoms with van der Waals surface area (Å²) in [4.78, 5) is 9.52. The van der Waals surface area contributed by atoms with Crippen molar-refractivity contribution in [2.45, 2.75) is 70.9 Å². The molecule has 152 valence electrons. The lowest BCUT2D eigenvalue weighted by Gasteiger charge is -2.39. The van der Waals surface area contributed by atoms with Gasteiger partial charge in [-0.25, -0.2) is 9.97 Å². The highest BCUT2D eigenvalue weighted by atomic mass is 16.3. The van der Waals surface area contributed by atoms with Crippen LogP contribution in [0.3, 0.4) is 0 Å². The van der Waals surface area contributed by atoms with E-state index in [0.717, 1.165) is 28.4 Å². The Balaban J connectivity index is 1.49. The molecule has 5 nitrogen and oxygen atoms in total. The van der Waals surface area contributed by atoms with Crippen LogP contribution in [0.2, 0.25) is 0 Å². The summed E-state index contributed by atoms with van der Waals surface area (Å²) in [5.41, 5.74) is 5.33. The first-order chi connectivity index (χ1) is 14.0. The van der Waals surface area contributed by atoms with Crippen LogP contribution in [0.4, 0.5) is 5.82 Å². The minimum atomic E-state index is 0.0688. The van der Waals surface area contributed by atoms with Crippen molar-refractivity contribution in [3.63, 3.8) is 0 Å². The third-order valence-corrected chi connectivity index (χ3v) is 6.80. The summed E-state index contributed by atoms with van der Waals surface area (Å²) in [6.45, 7) is 4.78. The Hall–Kier alpha value is -2.40. The number of pyridine rings is 2. The summed E-state index contributed by atoms with van der Waals surface area (Å²) in [6, 6.07) is 8.66. The van der Waals surface area contributed by atoms with E-state index in [1.54, 1.807) is 0 Å². The minimum Gasteiger partial charge on any atom is -0.392 e. The molecule has 2 saturated carbocycles. The van der Waals surface area contributed by atoms with Gasteiger partial charge in [0.2, 0.25) is 0 Å². The number of nitrogens with one attached hydrogen (secondary N) is 1. The Bertz CT molecular complexity index is 1030. The van der Waals surface area contributed by atoms with Crippen LogP contribution in [-0.4, -0.2) is 25.5 Å². The molecule has 0 spiro atoms. The first-order valence-corrected chi connectivity index (χ1v) is 10.9. The number of nitrogens with zero attached hydrogens (tertiary/aromatic N) is 3. The zero-order chi connectivity index (χ0) is 20.0. The Kier molecular flexibility index (Phi) is 4.58. The number of aliphatic hydroxyl groups is 1. The average Bonchev–Trinajstić information content (AvgIpc) is 3.48. The van der Waals surface area contributed by atoms with Gasteiger partial charge >= 0.3 is 0 Å². The molecular weight excluding hydrogens is 360 g/mol. The molecule has 0 aromatic carbocycles. The summed E-state index contributed by atoms with van der Waals surface area (Å²) in [5, 5.41) is 13.5. The molecule has 3 aromatic rings. The summed E-state index contributed by atoms with van der Waals surface area (Å²) in [5.74, 6) is 1.51. The molecule has 1 unspecified atom stereocenters. The van der Waals surface area contributed by atoms with Gasteiger partial charge in [0.15, 0.2) is 0 Å². The molecule has 0 amide bonds. The van der Waals surface area contributed by atoms with E-state index in [2.05, 4.69) is 52.9 Å². The standard InChI is InChI=1S/C24H30N4O/c1-24(2)11-4-3-7-21(24)27-22-8-5-6-19(26-22)20-13-25-23-12-17(15-29)18(14-28(20)23)16-9-10-16/h5-6,8,12-14,16,21,29H,3-4,7,9-11,15H2,1-2H3,(H,26,27). The fourth-order valence-electron chi connectivity index (χ4n) is 4.77. The van der Waals surface area contributed by atoms with Crippen LogP contribution in [0.1, 0.15) is 69.4 Å². The van der Waals surface area contributed by atoms with Gasteiger partial charge in [-0.05, 0) is 66.3 Å². The number of hydrogen-bond acceptors (Lipinski definition) is 4. The first kappa shape index (κ1) is 18.6. The van der Waals surface area contributed by atoms with Crippen molar-refractivity contribution in [2.75, 3.05) is 5.32 Å². The van der Waals surface area contributed by atoms with Gasteiger partial charge < -0.3 is 10.4 Å². The maximum absolute atomic E-state index is 9.76. The normalized spacial score (nSPS) is 21.4. The number of hydrogen-bond donors (Lipinski definition) is 2. The molecule has 2 aliphatic rings. The van der Waals surface area contributed by atoms with Gasteiger partial charge in [-0.3, -0.25) is 4.40 Å². The summed E-state index contributed by atoms with van der Waals surface area (Å²) in [7, 11) is 0. The predicted molar refractivity (Wildman–Crippen MR) is 116 cm³/mol. The molecule has 2 N–H and O–H groups in total. The molecule has 1 atom stereocenters. The highest BCUT2D eigenvalue weighted by Gasteiger charge is 2.32. The highest BCUT2D eigenvalue weighted by molar-refractivity contribution is 5.63. The number of fused-ring (bicyclic) bond motifs is 1. The van der Waals surface area contributed by atoms with E-state index >= 15 is 0 Å². The fraction of sp³-hybridized carbons (Fsp3) is 0.500. The topological polar surface area (TPSA) is 62.5 Å². The lowest BCUT2D eigenvalue weighted by Crippen LogP contribution is -2.39. The Morgan fingerprint density at radius 2 is 2.07 bits per heavy atom. The van der Waals surface area contributed by atoms with Crippen molar-refractivity contribution in [1.29, 1.82) is 0 Å². The molecule has 3 aromatic heterocycles. The molecule has 5 heteroatoms.